The molecule has 0 saturated carbocycles. The number of aromatic carboxylic acids is 1. The number of halogens is 1. The van der Waals surface area contributed by atoms with Crippen LogP contribution < -0.4 is 4.74 Å². The molecule has 0 aliphatic heterocycles. The van der Waals surface area contributed by atoms with Gasteiger partial charge in [-0.15, -0.1) is 0 Å². The van der Waals surface area contributed by atoms with Crippen molar-refractivity contribution in [1.29, 1.82) is 0 Å². The normalized spacial score (nSPS) is 13.0. The van der Waals surface area contributed by atoms with E-state index < -0.39 is 5.97 Å². The van der Waals surface area contributed by atoms with Gasteiger partial charge in [0, 0.05) is 10.2 Å². The average molecular weight is 348 g/mol. The molecule has 0 atom stereocenters. The summed E-state index contributed by atoms with van der Waals surface area (Å²) >= 11 is 3.43. The van der Waals surface area contributed by atoms with E-state index in [2.05, 4.69) is 20.9 Å². The second kappa shape index (κ2) is 5.48. The third-order valence-electron chi connectivity index (χ3n) is 3.59. The number of benzene rings is 1. The monoisotopic (exact) mass is 347 g/mol. The molecule has 2 aromatic rings. The topological polar surface area (TPSA) is 59.4 Å². The highest BCUT2D eigenvalue weighted by atomic mass is 79.9. The van der Waals surface area contributed by atoms with Gasteiger partial charge in [0.15, 0.2) is 0 Å². The van der Waals surface area contributed by atoms with Crippen LogP contribution in [0.1, 0.15) is 33.6 Å². The van der Waals surface area contributed by atoms with E-state index in [4.69, 9.17) is 4.74 Å². The molecule has 5 heteroatoms. The Bertz CT molecular complexity index is 728. The number of hydrogen-bond donors (Lipinski definition) is 1. The number of carboxylic acid groups (broad SMARTS) is 1. The van der Waals surface area contributed by atoms with Gasteiger partial charge in [-0.05, 0) is 61.6 Å². The van der Waals surface area contributed by atoms with Gasteiger partial charge in [0.25, 0.3) is 0 Å². The molecule has 21 heavy (non-hydrogen) atoms. The summed E-state index contributed by atoms with van der Waals surface area (Å²) in [6.45, 7) is 1.95. The number of aromatic nitrogens is 1. The summed E-state index contributed by atoms with van der Waals surface area (Å²) < 4.78 is 6.70. The molecule has 0 bridgehead atoms. The van der Waals surface area contributed by atoms with Gasteiger partial charge in [0.1, 0.15) is 11.3 Å². The number of carboxylic acids is 1. The summed E-state index contributed by atoms with van der Waals surface area (Å²) in [7, 11) is 0. The van der Waals surface area contributed by atoms with Crippen molar-refractivity contribution in [1.82, 2.24) is 4.98 Å². The average Bonchev–Trinajstić information content (AvgIpc) is 2.89. The molecule has 1 aromatic carbocycles. The number of aryl methyl sites for hydroxylation is 3. The molecule has 1 N–H and O–H groups in total. The van der Waals surface area contributed by atoms with E-state index in [9.17, 15) is 9.90 Å². The number of rotatable bonds is 3. The van der Waals surface area contributed by atoms with Crippen molar-refractivity contribution in [2.45, 2.75) is 26.2 Å². The Morgan fingerprint density at radius 1 is 1.33 bits per heavy atom. The largest absolute Gasteiger partial charge is 0.477 e. The minimum atomic E-state index is -1.01. The van der Waals surface area contributed by atoms with E-state index in [1.165, 1.54) is 0 Å². The Morgan fingerprint density at radius 3 is 2.86 bits per heavy atom. The van der Waals surface area contributed by atoms with Gasteiger partial charge in [-0.25, -0.2) is 9.78 Å². The van der Waals surface area contributed by atoms with Crippen LogP contribution in [-0.2, 0) is 12.8 Å². The highest BCUT2D eigenvalue weighted by Gasteiger charge is 2.21. The molecule has 0 unspecified atom stereocenters. The van der Waals surface area contributed by atoms with Crippen molar-refractivity contribution in [3.05, 3.63) is 51.1 Å². The third-order valence-corrected chi connectivity index (χ3v) is 4.48. The summed E-state index contributed by atoms with van der Waals surface area (Å²) in [5, 5.41) is 9.35. The van der Waals surface area contributed by atoms with Crippen LogP contribution in [0.15, 0.2) is 28.7 Å². The van der Waals surface area contributed by atoms with Gasteiger partial charge in [-0.1, -0.05) is 15.9 Å². The van der Waals surface area contributed by atoms with E-state index in [0.29, 0.717) is 5.75 Å². The molecule has 1 aromatic heterocycles. The molecule has 1 aliphatic carbocycles. The van der Waals surface area contributed by atoms with Crippen molar-refractivity contribution in [3.63, 3.8) is 0 Å². The Morgan fingerprint density at radius 2 is 2.14 bits per heavy atom. The SMILES string of the molecule is Cc1cc(Oc2nc3c(cc2C(=O)O)CCC3)ccc1Br. The van der Waals surface area contributed by atoms with E-state index in [-0.39, 0.29) is 11.4 Å². The second-order valence-electron chi connectivity index (χ2n) is 5.12. The molecule has 0 radical (unpaired) electrons. The number of ether oxygens (including phenoxy) is 1. The minimum absolute atomic E-state index is 0.122. The Hall–Kier alpha value is -1.88. The third kappa shape index (κ3) is 2.78. The number of fused-ring (bicyclic) bond motifs is 1. The van der Waals surface area contributed by atoms with E-state index in [0.717, 1.165) is 40.6 Å². The second-order valence-corrected chi connectivity index (χ2v) is 5.97. The highest BCUT2D eigenvalue weighted by Crippen LogP contribution is 2.31. The summed E-state index contributed by atoms with van der Waals surface area (Å²) in [6.07, 6.45) is 2.79. The zero-order valence-corrected chi connectivity index (χ0v) is 13.1. The number of pyridine rings is 1. The fraction of sp³-hybridized carbons (Fsp3) is 0.250. The molecule has 0 spiro atoms. The van der Waals surface area contributed by atoms with Crippen molar-refractivity contribution in [3.8, 4) is 11.6 Å². The molecule has 0 amide bonds. The van der Waals surface area contributed by atoms with Gasteiger partial charge >= 0.3 is 5.97 Å². The first kappa shape index (κ1) is 14.1. The molecule has 108 valence electrons. The lowest BCUT2D eigenvalue weighted by atomic mass is 10.1. The Kier molecular flexibility index (Phi) is 3.68. The van der Waals surface area contributed by atoms with Crippen LogP contribution in [-0.4, -0.2) is 16.1 Å². The van der Waals surface area contributed by atoms with Crippen LogP contribution in [0.2, 0.25) is 0 Å². The molecule has 1 heterocycles. The fourth-order valence-corrected chi connectivity index (χ4v) is 2.72. The molecule has 0 saturated heterocycles. The van der Waals surface area contributed by atoms with Gasteiger partial charge in [-0.3, -0.25) is 0 Å². The maximum Gasteiger partial charge on any atom is 0.341 e. The van der Waals surface area contributed by atoms with Crippen molar-refractivity contribution < 1.29 is 14.6 Å². The number of carbonyl (C=O) groups is 1. The van der Waals surface area contributed by atoms with Crippen LogP contribution in [0.4, 0.5) is 0 Å². The highest BCUT2D eigenvalue weighted by molar-refractivity contribution is 9.10. The molecular weight excluding hydrogens is 334 g/mol. The smallest absolute Gasteiger partial charge is 0.341 e. The zero-order chi connectivity index (χ0) is 15.0. The van der Waals surface area contributed by atoms with Gasteiger partial charge < -0.3 is 9.84 Å². The zero-order valence-electron chi connectivity index (χ0n) is 11.5. The molecule has 4 nitrogen and oxygen atoms in total. The van der Waals surface area contributed by atoms with E-state index >= 15 is 0 Å². The lowest BCUT2D eigenvalue weighted by molar-refractivity contribution is 0.0693. The van der Waals surface area contributed by atoms with Crippen molar-refractivity contribution in [2.75, 3.05) is 0 Å². The van der Waals surface area contributed by atoms with Gasteiger partial charge in [0.2, 0.25) is 5.88 Å². The summed E-state index contributed by atoms with van der Waals surface area (Å²) in [4.78, 5) is 15.8. The first-order valence-electron chi connectivity index (χ1n) is 6.74. The van der Waals surface area contributed by atoms with Crippen LogP contribution in [0.5, 0.6) is 11.6 Å². The van der Waals surface area contributed by atoms with Crippen molar-refractivity contribution >= 4 is 21.9 Å². The van der Waals surface area contributed by atoms with Crippen molar-refractivity contribution in [2.24, 2.45) is 0 Å². The Balaban J connectivity index is 2.01. The molecular formula is C16H14BrNO3. The predicted octanol–water partition coefficient (Wildman–Crippen LogP) is 4.13. The minimum Gasteiger partial charge on any atom is -0.477 e. The van der Waals surface area contributed by atoms with E-state index in [1.807, 2.05) is 19.1 Å². The maximum atomic E-state index is 11.4. The number of nitrogens with zero attached hydrogens (tertiary/aromatic N) is 1. The summed E-state index contributed by atoms with van der Waals surface area (Å²) in [6, 6.07) is 7.21. The van der Waals surface area contributed by atoms with E-state index in [1.54, 1.807) is 12.1 Å². The molecule has 3 rings (SSSR count). The van der Waals surface area contributed by atoms with Crippen LogP contribution in [0, 0.1) is 6.92 Å². The standard InChI is InChI=1S/C16H14BrNO3/c1-9-7-11(5-6-13(9)17)21-15-12(16(19)20)8-10-3-2-4-14(10)18-15/h5-8H,2-4H2,1H3,(H,19,20). The predicted molar refractivity (Wildman–Crippen MR) is 82.2 cm³/mol. The number of hydrogen-bond acceptors (Lipinski definition) is 3. The molecule has 1 aliphatic rings. The molecule has 0 fully saturated rings. The maximum absolute atomic E-state index is 11.4. The van der Waals surface area contributed by atoms with Crippen LogP contribution >= 0.6 is 15.9 Å². The lowest BCUT2D eigenvalue weighted by Gasteiger charge is -2.11. The summed E-state index contributed by atoms with van der Waals surface area (Å²) in [5.41, 5.74) is 3.11. The Labute approximate surface area is 130 Å². The van der Waals surface area contributed by atoms with Crippen LogP contribution in [0.25, 0.3) is 0 Å². The van der Waals surface area contributed by atoms with Crippen LogP contribution in [0.3, 0.4) is 0 Å². The first-order valence-corrected chi connectivity index (χ1v) is 7.54. The van der Waals surface area contributed by atoms with Gasteiger partial charge in [0.05, 0.1) is 0 Å². The lowest BCUT2D eigenvalue weighted by Crippen LogP contribution is -2.05. The summed E-state index contributed by atoms with van der Waals surface area (Å²) in [5.74, 6) is -0.255. The quantitative estimate of drug-likeness (QED) is 0.906. The first-order chi connectivity index (χ1) is 10.0. The fourth-order valence-electron chi connectivity index (χ4n) is 2.48. The van der Waals surface area contributed by atoms with Gasteiger partial charge in [-0.2, -0.15) is 0 Å².